The van der Waals surface area contributed by atoms with E-state index in [0.29, 0.717) is 21.3 Å². The number of amides is 1. The summed E-state index contributed by atoms with van der Waals surface area (Å²) in [6, 6.07) is 22.6. The zero-order valence-electron chi connectivity index (χ0n) is 20.4. The predicted octanol–water partition coefficient (Wildman–Crippen LogP) is 4.69. The van der Waals surface area contributed by atoms with Crippen LogP contribution in [0.25, 0.3) is 10.2 Å². The highest BCUT2D eigenvalue weighted by atomic mass is 32.1. The zero-order valence-corrected chi connectivity index (χ0v) is 21.2. The first-order chi connectivity index (χ1) is 17.7. The van der Waals surface area contributed by atoms with Crippen LogP contribution in [0.1, 0.15) is 47.5 Å². The van der Waals surface area contributed by atoms with Gasteiger partial charge in [-0.25, -0.2) is 0 Å². The Morgan fingerprint density at radius 3 is 1.89 bits per heavy atom. The van der Waals surface area contributed by atoms with E-state index in [2.05, 4.69) is 4.99 Å². The van der Waals surface area contributed by atoms with E-state index in [1.54, 1.807) is 66.7 Å². The summed E-state index contributed by atoms with van der Waals surface area (Å²) in [4.78, 5) is 55.2. The van der Waals surface area contributed by atoms with Crippen LogP contribution in [-0.2, 0) is 23.9 Å². The fourth-order valence-corrected chi connectivity index (χ4v) is 4.92. The van der Waals surface area contributed by atoms with Gasteiger partial charge < -0.3 is 9.47 Å². The number of rotatable bonds is 6. The van der Waals surface area contributed by atoms with Gasteiger partial charge in [-0.15, -0.1) is 0 Å². The van der Waals surface area contributed by atoms with Crippen molar-refractivity contribution >= 4 is 45.3 Å². The van der Waals surface area contributed by atoms with E-state index in [-0.39, 0.29) is 4.80 Å². The van der Waals surface area contributed by atoms with Crippen molar-refractivity contribution in [2.75, 3.05) is 0 Å². The van der Waals surface area contributed by atoms with Gasteiger partial charge in [0.25, 0.3) is 11.8 Å². The molecule has 4 aromatic rings. The molecule has 0 bridgehead atoms. The number of fused-ring (bicyclic) bond motifs is 1. The van der Waals surface area contributed by atoms with Crippen molar-refractivity contribution in [3.63, 3.8) is 0 Å². The number of hydrogen-bond donors (Lipinski definition) is 0. The summed E-state index contributed by atoms with van der Waals surface area (Å²) in [6.45, 7) is 4.34. The van der Waals surface area contributed by atoms with Gasteiger partial charge in [0.2, 0.25) is 17.0 Å². The summed E-state index contributed by atoms with van der Waals surface area (Å²) in [7, 11) is 0. The van der Waals surface area contributed by atoms with Gasteiger partial charge in [0.05, 0.1) is 10.2 Å². The molecule has 188 valence electrons. The summed E-state index contributed by atoms with van der Waals surface area (Å²) >= 11 is 1.13. The molecule has 2 atom stereocenters. The third-order valence-corrected chi connectivity index (χ3v) is 6.40. The fourth-order valence-electron chi connectivity index (χ4n) is 3.80. The number of carbonyl (C=O) groups excluding carboxylic acids is 4. The van der Waals surface area contributed by atoms with Gasteiger partial charge in [0.15, 0.2) is 0 Å². The first-order valence-electron chi connectivity index (χ1n) is 11.4. The van der Waals surface area contributed by atoms with Crippen molar-refractivity contribution in [3.8, 4) is 0 Å². The number of esters is 2. The molecule has 0 saturated carbocycles. The van der Waals surface area contributed by atoms with E-state index in [9.17, 15) is 19.2 Å². The Bertz CT molecular complexity index is 1540. The van der Waals surface area contributed by atoms with Crippen LogP contribution in [0, 0.1) is 6.92 Å². The van der Waals surface area contributed by atoms with E-state index in [0.717, 1.165) is 16.9 Å². The molecule has 0 aliphatic carbocycles. The van der Waals surface area contributed by atoms with Crippen LogP contribution < -0.4 is 4.80 Å². The van der Waals surface area contributed by atoms with Crippen molar-refractivity contribution < 1.29 is 28.7 Å². The molecule has 0 unspecified atom stereocenters. The lowest BCUT2D eigenvalue weighted by molar-refractivity contribution is -0.153. The van der Waals surface area contributed by atoms with Crippen molar-refractivity contribution in [3.05, 3.63) is 100 Å². The number of aryl methyl sites for hydroxylation is 1. The highest BCUT2D eigenvalue weighted by Crippen LogP contribution is 2.25. The maximum atomic E-state index is 13.9. The number of benzene rings is 3. The Morgan fingerprint density at radius 1 is 0.784 bits per heavy atom. The number of aromatic nitrogens is 1. The normalized spacial score (nSPS) is 13.1. The Morgan fingerprint density at radius 2 is 1.32 bits per heavy atom. The van der Waals surface area contributed by atoms with Gasteiger partial charge >= 0.3 is 11.9 Å². The van der Waals surface area contributed by atoms with Crippen LogP contribution in [0.15, 0.2) is 83.9 Å². The van der Waals surface area contributed by atoms with Crippen LogP contribution in [0.3, 0.4) is 0 Å². The number of nitrogens with zero attached hydrogens (tertiary/aromatic N) is 2. The average Bonchev–Trinajstić information content (AvgIpc) is 3.22. The second-order valence-electron chi connectivity index (χ2n) is 8.28. The van der Waals surface area contributed by atoms with E-state index in [4.69, 9.17) is 9.47 Å². The molecule has 0 radical (unpaired) electrons. The van der Waals surface area contributed by atoms with Crippen LogP contribution in [-0.4, -0.2) is 28.3 Å². The number of thiazole rings is 1. The number of hydrogen-bond acceptors (Lipinski definition) is 7. The SMILES string of the molecule is CC(=O)O[C@H](C(=O)N=c1sc2cc(C)ccc2n1C(=O)[C@H](OC(C)=O)c1ccccc1)c1ccccc1. The minimum absolute atomic E-state index is 0.0665. The Balaban J connectivity index is 1.89. The highest BCUT2D eigenvalue weighted by molar-refractivity contribution is 7.16. The molecule has 1 aromatic heterocycles. The molecule has 1 amide bonds. The van der Waals surface area contributed by atoms with Gasteiger partial charge in [-0.1, -0.05) is 78.1 Å². The predicted molar refractivity (Wildman–Crippen MR) is 138 cm³/mol. The quantitative estimate of drug-likeness (QED) is 0.345. The van der Waals surface area contributed by atoms with E-state index in [1.807, 2.05) is 19.1 Å². The molecule has 8 nitrogen and oxygen atoms in total. The lowest BCUT2D eigenvalue weighted by atomic mass is 10.1. The number of ether oxygens (including phenoxy) is 2. The van der Waals surface area contributed by atoms with Crippen molar-refractivity contribution in [1.29, 1.82) is 0 Å². The Kier molecular flexibility index (Phi) is 7.74. The Labute approximate surface area is 216 Å². The minimum atomic E-state index is -1.28. The second-order valence-corrected chi connectivity index (χ2v) is 9.29. The van der Waals surface area contributed by atoms with Crippen molar-refractivity contribution in [1.82, 2.24) is 4.57 Å². The van der Waals surface area contributed by atoms with E-state index < -0.39 is 36.0 Å². The number of carbonyl (C=O) groups is 4. The van der Waals surface area contributed by atoms with Crippen LogP contribution in [0.4, 0.5) is 0 Å². The molecule has 37 heavy (non-hydrogen) atoms. The van der Waals surface area contributed by atoms with Gasteiger partial charge in [-0.2, -0.15) is 4.99 Å². The van der Waals surface area contributed by atoms with Crippen LogP contribution >= 0.6 is 11.3 Å². The molecule has 0 aliphatic heterocycles. The summed E-state index contributed by atoms with van der Waals surface area (Å²) < 4.78 is 12.7. The molecule has 0 N–H and O–H groups in total. The molecule has 0 spiro atoms. The van der Waals surface area contributed by atoms with E-state index in [1.165, 1.54) is 18.4 Å². The largest absolute Gasteiger partial charge is 0.447 e. The third kappa shape index (κ3) is 5.90. The molecular formula is C28H24N2O6S. The second kappa shape index (κ2) is 11.1. The molecular weight excluding hydrogens is 492 g/mol. The summed E-state index contributed by atoms with van der Waals surface area (Å²) in [6.07, 6.45) is -2.54. The highest BCUT2D eigenvalue weighted by Gasteiger charge is 2.29. The lowest BCUT2D eigenvalue weighted by Crippen LogP contribution is -2.31. The molecule has 0 fully saturated rings. The molecule has 0 saturated heterocycles. The topological polar surface area (TPSA) is 104 Å². The van der Waals surface area contributed by atoms with Gasteiger partial charge in [-0.05, 0) is 24.6 Å². The van der Waals surface area contributed by atoms with Gasteiger partial charge in [0.1, 0.15) is 0 Å². The summed E-state index contributed by atoms with van der Waals surface area (Å²) in [5, 5.41) is 0. The maximum Gasteiger partial charge on any atom is 0.303 e. The Hall–Kier alpha value is -4.37. The van der Waals surface area contributed by atoms with Crippen molar-refractivity contribution in [2.24, 2.45) is 4.99 Å². The maximum absolute atomic E-state index is 13.9. The third-order valence-electron chi connectivity index (χ3n) is 5.40. The first-order valence-corrected chi connectivity index (χ1v) is 12.3. The van der Waals surface area contributed by atoms with Gasteiger partial charge in [0, 0.05) is 25.0 Å². The van der Waals surface area contributed by atoms with Crippen molar-refractivity contribution in [2.45, 2.75) is 33.0 Å². The van der Waals surface area contributed by atoms with Crippen LogP contribution in [0.5, 0.6) is 0 Å². The van der Waals surface area contributed by atoms with Crippen LogP contribution in [0.2, 0.25) is 0 Å². The molecule has 9 heteroatoms. The standard InChI is InChI=1S/C28H24N2O6S/c1-17-14-15-22-23(16-17)37-28(29-26(33)24(35-18(2)31)20-10-6-4-7-11-20)30(22)27(34)25(36-19(3)32)21-12-8-5-9-13-21/h4-16,24-25H,1-3H3/t24-,25+/m0/s1. The summed E-state index contributed by atoms with van der Waals surface area (Å²) in [5.41, 5.74) is 2.38. The molecule has 3 aromatic carbocycles. The monoisotopic (exact) mass is 516 g/mol. The fraction of sp³-hybridized carbons (Fsp3) is 0.179. The zero-order chi connectivity index (χ0) is 26.5. The minimum Gasteiger partial charge on any atom is -0.447 e. The average molecular weight is 517 g/mol. The molecule has 1 heterocycles. The summed E-state index contributed by atoms with van der Waals surface area (Å²) in [5.74, 6) is -2.62. The van der Waals surface area contributed by atoms with E-state index >= 15 is 0 Å². The molecule has 4 rings (SSSR count). The molecule has 0 aliphatic rings. The first kappa shape index (κ1) is 25.7. The van der Waals surface area contributed by atoms with Gasteiger partial charge in [-0.3, -0.25) is 23.7 Å². The lowest BCUT2D eigenvalue weighted by Gasteiger charge is -2.17. The smallest absolute Gasteiger partial charge is 0.303 e.